The maximum absolute atomic E-state index is 13.3. The van der Waals surface area contributed by atoms with Crippen molar-refractivity contribution in [1.29, 1.82) is 0 Å². The Morgan fingerprint density at radius 2 is 1.57 bits per heavy atom. The summed E-state index contributed by atoms with van der Waals surface area (Å²) in [5.41, 5.74) is 3.55. The van der Waals surface area contributed by atoms with Crippen LogP contribution in [0.2, 0.25) is 0 Å². The van der Waals surface area contributed by atoms with E-state index in [2.05, 4.69) is 9.47 Å². The highest BCUT2D eigenvalue weighted by Crippen LogP contribution is 2.33. The molecule has 0 saturated carbocycles. The number of hydrogen-bond acceptors (Lipinski definition) is 3. The number of fused-ring (bicyclic) bond motifs is 1. The molecule has 0 aliphatic carbocycles. The van der Waals surface area contributed by atoms with Crippen molar-refractivity contribution in [2.45, 2.75) is 25.7 Å². The van der Waals surface area contributed by atoms with E-state index in [0.717, 1.165) is 48.1 Å². The first-order valence-electron chi connectivity index (χ1n) is 10.1. The predicted octanol–water partition coefficient (Wildman–Crippen LogP) is 4.47. The summed E-state index contributed by atoms with van der Waals surface area (Å²) in [6, 6.07) is 17.9. The molecule has 1 aliphatic rings. The zero-order chi connectivity index (χ0) is 19.5. The zero-order valence-electron chi connectivity index (χ0n) is 16.4. The molecule has 4 rings (SSSR count). The van der Waals surface area contributed by atoms with Gasteiger partial charge < -0.3 is 4.57 Å². The van der Waals surface area contributed by atoms with Gasteiger partial charge in [-0.05, 0) is 37.6 Å². The van der Waals surface area contributed by atoms with Crippen LogP contribution in [0.4, 0.5) is 0 Å². The number of aryl methyl sites for hydroxylation is 1. The number of rotatable bonds is 6. The number of aromatic nitrogens is 1. The van der Waals surface area contributed by atoms with Crippen molar-refractivity contribution in [2.75, 3.05) is 19.6 Å². The van der Waals surface area contributed by atoms with E-state index in [9.17, 15) is 9.59 Å². The summed E-state index contributed by atoms with van der Waals surface area (Å²) >= 11 is 0. The molecule has 1 fully saturated rings. The molecule has 2 heterocycles. The van der Waals surface area contributed by atoms with Gasteiger partial charge in [-0.15, -0.1) is 0 Å². The summed E-state index contributed by atoms with van der Waals surface area (Å²) in [5, 5.41) is 0.916. The second kappa shape index (κ2) is 8.11. The van der Waals surface area contributed by atoms with Crippen molar-refractivity contribution in [3.05, 3.63) is 60.2 Å². The minimum absolute atomic E-state index is 0.0128. The van der Waals surface area contributed by atoms with Gasteiger partial charge in [0, 0.05) is 18.0 Å². The van der Waals surface area contributed by atoms with Crippen LogP contribution >= 0.6 is 0 Å². The molecule has 0 bridgehead atoms. The van der Waals surface area contributed by atoms with E-state index in [-0.39, 0.29) is 18.0 Å². The molecule has 1 aliphatic heterocycles. The Kier molecular flexibility index (Phi) is 5.40. The van der Waals surface area contributed by atoms with Gasteiger partial charge >= 0.3 is 0 Å². The lowest BCUT2D eigenvalue weighted by atomic mass is 9.98. The van der Waals surface area contributed by atoms with Gasteiger partial charge in [-0.25, -0.2) is 0 Å². The summed E-state index contributed by atoms with van der Waals surface area (Å²) in [6.45, 7) is 2.31. The maximum atomic E-state index is 13.3. The number of para-hydroxylation sites is 1. The lowest BCUT2D eigenvalue weighted by Gasteiger charge is -2.25. The van der Waals surface area contributed by atoms with Crippen LogP contribution in [-0.4, -0.2) is 40.7 Å². The van der Waals surface area contributed by atoms with Gasteiger partial charge in [0.2, 0.25) is 0 Å². The Balaban J connectivity index is 1.67. The molecule has 4 heteroatoms. The Hall–Kier alpha value is -2.72. The van der Waals surface area contributed by atoms with Crippen LogP contribution < -0.4 is 0 Å². The van der Waals surface area contributed by atoms with Gasteiger partial charge in [0.1, 0.15) is 0 Å². The third-order valence-corrected chi connectivity index (χ3v) is 5.64. The number of carbonyl (C=O) groups excluding carboxylic acids is 2. The number of carbonyl (C=O) groups is 2. The second-order valence-electron chi connectivity index (χ2n) is 7.64. The van der Waals surface area contributed by atoms with Gasteiger partial charge in [0.25, 0.3) is 0 Å². The van der Waals surface area contributed by atoms with Crippen LogP contribution in [0.3, 0.4) is 0 Å². The Bertz CT molecular complexity index is 998. The number of hydrogen-bond donors (Lipinski definition) is 0. The number of likely N-dealkylation sites (tertiary alicyclic amines) is 1. The van der Waals surface area contributed by atoms with E-state index in [1.165, 1.54) is 6.42 Å². The lowest BCUT2D eigenvalue weighted by Crippen LogP contribution is -2.35. The van der Waals surface area contributed by atoms with Gasteiger partial charge in [-0.1, -0.05) is 55.0 Å². The van der Waals surface area contributed by atoms with Crippen LogP contribution in [-0.2, 0) is 11.8 Å². The summed E-state index contributed by atoms with van der Waals surface area (Å²) in [7, 11) is 1.98. The third-order valence-electron chi connectivity index (χ3n) is 5.64. The number of piperidine rings is 1. The van der Waals surface area contributed by atoms with Crippen molar-refractivity contribution >= 4 is 22.5 Å². The van der Waals surface area contributed by atoms with E-state index < -0.39 is 0 Å². The Morgan fingerprint density at radius 3 is 2.32 bits per heavy atom. The van der Waals surface area contributed by atoms with E-state index in [1.54, 1.807) is 0 Å². The average molecular weight is 374 g/mol. The molecule has 1 saturated heterocycles. The molecule has 0 spiro atoms. The molecule has 0 N–H and O–H groups in total. The summed E-state index contributed by atoms with van der Waals surface area (Å²) < 4.78 is 2.06. The van der Waals surface area contributed by atoms with E-state index in [4.69, 9.17) is 0 Å². The van der Waals surface area contributed by atoms with E-state index in [0.29, 0.717) is 12.1 Å². The number of nitrogens with zero attached hydrogens (tertiary/aromatic N) is 2. The molecule has 144 valence electrons. The first kappa shape index (κ1) is 18.6. The molecular formula is C24H26N2O2. The molecule has 0 radical (unpaired) electrons. The quantitative estimate of drug-likeness (QED) is 0.472. The molecule has 1 aromatic heterocycles. The molecule has 28 heavy (non-hydrogen) atoms. The molecule has 0 amide bonds. The first-order chi connectivity index (χ1) is 13.6. The summed E-state index contributed by atoms with van der Waals surface area (Å²) in [5.74, 6) is -0.0727. The molecule has 0 atom stereocenters. The third kappa shape index (κ3) is 3.65. The van der Waals surface area contributed by atoms with Gasteiger partial charge in [0.15, 0.2) is 11.6 Å². The van der Waals surface area contributed by atoms with Gasteiger partial charge in [0.05, 0.1) is 24.2 Å². The minimum atomic E-state index is -0.0855. The lowest BCUT2D eigenvalue weighted by molar-refractivity contribution is -0.119. The smallest absolute Gasteiger partial charge is 0.173 e. The Labute approximate surface area is 165 Å². The van der Waals surface area contributed by atoms with Crippen molar-refractivity contribution in [1.82, 2.24) is 9.47 Å². The van der Waals surface area contributed by atoms with Crippen molar-refractivity contribution < 1.29 is 9.59 Å². The van der Waals surface area contributed by atoms with Crippen molar-refractivity contribution in [3.63, 3.8) is 0 Å². The number of benzene rings is 2. The SMILES string of the molecule is Cn1c(-c2ccccc2)c(C(=O)CC(=O)CN2CCCCC2)c2ccccc21. The van der Waals surface area contributed by atoms with E-state index >= 15 is 0 Å². The second-order valence-corrected chi connectivity index (χ2v) is 7.64. The number of ketones is 2. The van der Waals surface area contributed by atoms with E-state index in [1.807, 2.05) is 61.6 Å². The minimum Gasteiger partial charge on any atom is -0.343 e. The summed E-state index contributed by atoms with van der Waals surface area (Å²) in [6.07, 6.45) is 3.48. The topological polar surface area (TPSA) is 42.3 Å². The van der Waals surface area contributed by atoms with Gasteiger partial charge in [-0.3, -0.25) is 14.5 Å². The van der Waals surface area contributed by atoms with Crippen LogP contribution in [0.15, 0.2) is 54.6 Å². The largest absolute Gasteiger partial charge is 0.343 e. The standard InChI is InChI=1S/C24H26N2O2/c1-25-21-13-7-6-12-20(21)23(24(25)18-10-4-2-5-11-18)22(28)16-19(27)17-26-14-8-3-9-15-26/h2,4-7,10-13H,3,8-9,14-17H2,1H3. The number of Topliss-reactive ketones (excluding diaryl/α,β-unsaturated/α-hetero) is 2. The Morgan fingerprint density at radius 1 is 0.893 bits per heavy atom. The van der Waals surface area contributed by atoms with Crippen molar-refractivity contribution in [3.8, 4) is 11.3 Å². The molecule has 0 unspecified atom stereocenters. The molecule has 2 aromatic carbocycles. The molecule has 4 nitrogen and oxygen atoms in total. The molecular weight excluding hydrogens is 348 g/mol. The maximum Gasteiger partial charge on any atom is 0.173 e. The van der Waals surface area contributed by atoms with Crippen LogP contribution in [0.25, 0.3) is 22.2 Å². The van der Waals surface area contributed by atoms with Crippen molar-refractivity contribution in [2.24, 2.45) is 7.05 Å². The van der Waals surface area contributed by atoms with Crippen LogP contribution in [0, 0.1) is 0 Å². The fourth-order valence-corrected chi connectivity index (χ4v) is 4.30. The fraction of sp³-hybridized carbons (Fsp3) is 0.333. The highest BCUT2D eigenvalue weighted by atomic mass is 16.1. The highest BCUT2D eigenvalue weighted by molar-refractivity contribution is 6.18. The first-order valence-corrected chi connectivity index (χ1v) is 10.1. The zero-order valence-corrected chi connectivity index (χ0v) is 16.4. The van der Waals surface area contributed by atoms with Crippen LogP contribution in [0.1, 0.15) is 36.0 Å². The predicted molar refractivity (Wildman–Crippen MR) is 113 cm³/mol. The fourth-order valence-electron chi connectivity index (χ4n) is 4.30. The normalized spacial score (nSPS) is 15.0. The summed E-state index contributed by atoms with van der Waals surface area (Å²) in [4.78, 5) is 28.1. The molecule has 3 aromatic rings. The average Bonchev–Trinajstić information content (AvgIpc) is 3.02. The van der Waals surface area contributed by atoms with Crippen LogP contribution in [0.5, 0.6) is 0 Å². The van der Waals surface area contributed by atoms with Gasteiger partial charge in [-0.2, -0.15) is 0 Å². The monoisotopic (exact) mass is 374 g/mol. The highest BCUT2D eigenvalue weighted by Gasteiger charge is 2.24.